The lowest BCUT2D eigenvalue weighted by Gasteiger charge is -2.07. The van der Waals surface area contributed by atoms with E-state index in [1.807, 2.05) is 54.6 Å². The minimum Gasteiger partial charge on any atom is -0.489 e. The standard InChI is InChI=1S/C20H17FN2O/c21-20-9-5-4-6-17(20)15-24-19-12-10-16(11-13-19)14-22-23-18-7-2-1-3-8-18/h1-14,23H,15H2. The second kappa shape index (κ2) is 7.92. The summed E-state index contributed by atoms with van der Waals surface area (Å²) < 4.78 is 19.1. The molecule has 0 aromatic heterocycles. The maximum Gasteiger partial charge on any atom is 0.129 e. The number of ether oxygens (including phenoxy) is 1. The lowest BCUT2D eigenvalue weighted by Crippen LogP contribution is -1.98. The van der Waals surface area contributed by atoms with Crippen molar-refractivity contribution in [2.24, 2.45) is 5.10 Å². The van der Waals surface area contributed by atoms with Gasteiger partial charge in [0.1, 0.15) is 18.2 Å². The summed E-state index contributed by atoms with van der Waals surface area (Å²) in [5.41, 5.74) is 5.36. The quantitative estimate of drug-likeness (QED) is 0.520. The van der Waals surface area contributed by atoms with Crippen molar-refractivity contribution in [2.45, 2.75) is 6.61 Å². The van der Waals surface area contributed by atoms with E-state index in [1.165, 1.54) is 6.07 Å². The van der Waals surface area contributed by atoms with Gasteiger partial charge in [0.05, 0.1) is 11.9 Å². The molecular formula is C20H17FN2O. The van der Waals surface area contributed by atoms with E-state index >= 15 is 0 Å². The summed E-state index contributed by atoms with van der Waals surface area (Å²) >= 11 is 0. The average molecular weight is 320 g/mol. The molecule has 0 fully saturated rings. The first-order valence-electron chi connectivity index (χ1n) is 7.62. The molecule has 3 rings (SSSR count). The van der Waals surface area contributed by atoms with Crippen molar-refractivity contribution in [3.63, 3.8) is 0 Å². The van der Waals surface area contributed by atoms with E-state index in [4.69, 9.17) is 4.74 Å². The fourth-order valence-electron chi connectivity index (χ4n) is 2.12. The molecule has 0 unspecified atom stereocenters. The Morgan fingerprint density at radius 3 is 2.33 bits per heavy atom. The van der Waals surface area contributed by atoms with Crippen LogP contribution in [-0.2, 0) is 6.61 Å². The number of hydrogen-bond acceptors (Lipinski definition) is 3. The van der Waals surface area contributed by atoms with Gasteiger partial charge in [-0.15, -0.1) is 0 Å². The number of benzene rings is 3. The Labute approximate surface area is 140 Å². The SMILES string of the molecule is Fc1ccccc1COc1ccc(C=NNc2ccccc2)cc1. The van der Waals surface area contributed by atoms with Gasteiger partial charge in [0.25, 0.3) is 0 Å². The highest BCUT2D eigenvalue weighted by atomic mass is 19.1. The van der Waals surface area contributed by atoms with Gasteiger partial charge in [0.2, 0.25) is 0 Å². The highest BCUT2D eigenvalue weighted by Gasteiger charge is 2.01. The van der Waals surface area contributed by atoms with Crippen LogP contribution in [0.1, 0.15) is 11.1 Å². The van der Waals surface area contributed by atoms with Crippen LogP contribution in [0.15, 0.2) is 84.0 Å². The van der Waals surface area contributed by atoms with Crippen molar-refractivity contribution >= 4 is 11.9 Å². The van der Waals surface area contributed by atoms with Crippen LogP contribution in [0.3, 0.4) is 0 Å². The molecule has 0 aliphatic rings. The largest absolute Gasteiger partial charge is 0.489 e. The molecule has 0 radical (unpaired) electrons. The van der Waals surface area contributed by atoms with Gasteiger partial charge in [-0.3, -0.25) is 5.43 Å². The van der Waals surface area contributed by atoms with Crippen molar-refractivity contribution < 1.29 is 9.13 Å². The topological polar surface area (TPSA) is 33.6 Å². The smallest absolute Gasteiger partial charge is 0.129 e. The van der Waals surface area contributed by atoms with Crippen LogP contribution in [0, 0.1) is 5.82 Å². The Hall–Kier alpha value is -3.14. The molecule has 24 heavy (non-hydrogen) atoms. The Bertz CT molecular complexity index is 801. The normalized spacial score (nSPS) is 10.7. The van der Waals surface area contributed by atoms with E-state index in [0.717, 1.165) is 11.3 Å². The van der Waals surface area contributed by atoms with Gasteiger partial charge in [-0.1, -0.05) is 36.4 Å². The molecule has 0 spiro atoms. The number of halogens is 1. The van der Waals surface area contributed by atoms with E-state index in [9.17, 15) is 4.39 Å². The molecule has 0 saturated carbocycles. The number of rotatable bonds is 6. The molecule has 3 aromatic rings. The molecule has 3 aromatic carbocycles. The fourth-order valence-corrected chi connectivity index (χ4v) is 2.12. The van der Waals surface area contributed by atoms with Crippen molar-refractivity contribution in [1.29, 1.82) is 0 Å². The third kappa shape index (κ3) is 4.43. The van der Waals surface area contributed by atoms with E-state index in [1.54, 1.807) is 24.4 Å². The molecule has 0 bridgehead atoms. The maximum absolute atomic E-state index is 13.5. The molecule has 0 amide bonds. The third-order valence-corrected chi connectivity index (χ3v) is 3.41. The van der Waals surface area contributed by atoms with Gasteiger partial charge in [0.15, 0.2) is 0 Å². The first kappa shape index (κ1) is 15.7. The number of hydrazone groups is 1. The molecule has 3 nitrogen and oxygen atoms in total. The van der Waals surface area contributed by atoms with Crippen LogP contribution < -0.4 is 10.2 Å². The first-order valence-corrected chi connectivity index (χ1v) is 7.62. The van der Waals surface area contributed by atoms with Gasteiger partial charge in [-0.25, -0.2) is 4.39 Å². The van der Waals surface area contributed by atoms with Gasteiger partial charge < -0.3 is 4.74 Å². The van der Waals surface area contributed by atoms with Crippen molar-refractivity contribution in [1.82, 2.24) is 0 Å². The predicted molar refractivity (Wildman–Crippen MR) is 94.8 cm³/mol. The highest BCUT2D eigenvalue weighted by molar-refractivity contribution is 5.80. The summed E-state index contributed by atoms with van der Waals surface area (Å²) in [5, 5.41) is 4.18. The third-order valence-electron chi connectivity index (χ3n) is 3.41. The summed E-state index contributed by atoms with van der Waals surface area (Å²) in [5.74, 6) is 0.430. The monoisotopic (exact) mass is 320 g/mol. The zero-order valence-corrected chi connectivity index (χ0v) is 13.0. The number of nitrogens with zero attached hydrogens (tertiary/aromatic N) is 1. The van der Waals surface area contributed by atoms with Crippen LogP contribution in [0.25, 0.3) is 0 Å². The number of nitrogens with one attached hydrogen (secondary N) is 1. The summed E-state index contributed by atoms with van der Waals surface area (Å²) in [6.07, 6.45) is 1.73. The van der Waals surface area contributed by atoms with Crippen LogP contribution in [0.4, 0.5) is 10.1 Å². The van der Waals surface area contributed by atoms with Gasteiger partial charge in [-0.2, -0.15) is 5.10 Å². The van der Waals surface area contributed by atoms with Gasteiger partial charge >= 0.3 is 0 Å². The first-order chi connectivity index (χ1) is 11.8. The van der Waals surface area contributed by atoms with E-state index < -0.39 is 0 Å². The second-order valence-electron chi connectivity index (χ2n) is 5.19. The maximum atomic E-state index is 13.5. The average Bonchev–Trinajstić information content (AvgIpc) is 2.63. The molecule has 0 saturated heterocycles. The molecular weight excluding hydrogens is 303 g/mol. The molecule has 120 valence electrons. The summed E-state index contributed by atoms with van der Waals surface area (Å²) in [4.78, 5) is 0. The summed E-state index contributed by atoms with van der Waals surface area (Å²) in [7, 11) is 0. The Morgan fingerprint density at radius 2 is 1.58 bits per heavy atom. The lowest BCUT2D eigenvalue weighted by molar-refractivity contribution is 0.300. The van der Waals surface area contributed by atoms with Crippen molar-refractivity contribution in [3.8, 4) is 5.75 Å². The molecule has 0 atom stereocenters. The van der Waals surface area contributed by atoms with E-state index in [0.29, 0.717) is 11.3 Å². The van der Waals surface area contributed by atoms with Crippen LogP contribution in [0.5, 0.6) is 5.75 Å². The minimum atomic E-state index is -0.256. The van der Waals surface area contributed by atoms with Gasteiger partial charge in [0, 0.05) is 5.56 Å². The molecule has 4 heteroatoms. The summed E-state index contributed by atoms with van der Waals surface area (Å²) in [6.45, 7) is 0.204. The predicted octanol–water partition coefficient (Wildman–Crippen LogP) is 4.85. The molecule has 0 aliphatic carbocycles. The molecule has 0 aliphatic heterocycles. The zero-order valence-electron chi connectivity index (χ0n) is 13.0. The van der Waals surface area contributed by atoms with Crippen LogP contribution in [0.2, 0.25) is 0 Å². The van der Waals surface area contributed by atoms with Gasteiger partial charge in [-0.05, 0) is 48.0 Å². The van der Waals surface area contributed by atoms with E-state index in [2.05, 4.69) is 10.5 Å². The Kier molecular flexibility index (Phi) is 5.20. The van der Waals surface area contributed by atoms with Crippen LogP contribution in [-0.4, -0.2) is 6.21 Å². The zero-order chi connectivity index (χ0) is 16.6. The number of anilines is 1. The number of hydrogen-bond donors (Lipinski definition) is 1. The van der Waals surface area contributed by atoms with Crippen molar-refractivity contribution in [3.05, 3.63) is 95.8 Å². The summed E-state index contributed by atoms with van der Waals surface area (Å²) in [6, 6.07) is 23.8. The molecule has 1 N–H and O–H groups in total. The van der Waals surface area contributed by atoms with Crippen LogP contribution >= 0.6 is 0 Å². The van der Waals surface area contributed by atoms with E-state index in [-0.39, 0.29) is 12.4 Å². The second-order valence-corrected chi connectivity index (χ2v) is 5.19. The highest BCUT2D eigenvalue weighted by Crippen LogP contribution is 2.15. The minimum absolute atomic E-state index is 0.204. The number of para-hydroxylation sites is 1. The van der Waals surface area contributed by atoms with Crippen molar-refractivity contribution in [2.75, 3.05) is 5.43 Å². The Morgan fingerprint density at radius 1 is 0.875 bits per heavy atom. The fraction of sp³-hybridized carbons (Fsp3) is 0.0500. The lowest BCUT2D eigenvalue weighted by atomic mass is 10.2. The molecule has 0 heterocycles. The Balaban J connectivity index is 1.54.